The Morgan fingerprint density at radius 3 is 2.46 bits per heavy atom. The normalized spacial score (nSPS) is 10.6. The van der Waals surface area contributed by atoms with E-state index in [0.717, 1.165) is 41.4 Å². The molecule has 0 aliphatic carbocycles. The van der Waals surface area contributed by atoms with Crippen LogP contribution in [0.15, 0.2) is 48.5 Å². The van der Waals surface area contributed by atoms with Crippen molar-refractivity contribution in [2.45, 2.75) is 12.8 Å². The van der Waals surface area contributed by atoms with Gasteiger partial charge >= 0.3 is 0 Å². The fourth-order valence-electron chi connectivity index (χ4n) is 2.63. The van der Waals surface area contributed by atoms with Gasteiger partial charge in [0.15, 0.2) is 16.3 Å². The largest absolute Gasteiger partial charge is 0.493 e. The Morgan fingerprint density at radius 1 is 1.00 bits per heavy atom. The summed E-state index contributed by atoms with van der Waals surface area (Å²) in [5.74, 6) is 2.37. The number of H-pyrrole nitrogens is 1. The molecule has 0 aliphatic rings. The predicted molar refractivity (Wildman–Crippen MR) is 95.7 cm³/mol. The van der Waals surface area contributed by atoms with E-state index < -0.39 is 0 Å². The van der Waals surface area contributed by atoms with E-state index in [4.69, 9.17) is 21.7 Å². The van der Waals surface area contributed by atoms with Crippen LogP contribution in [-0.2, 0) is 12.8 Å². The van der Waals surface area contributed by atoms with E-state index in [2.05, 4.69) is 10.2 Å². The molecule has 0 unspecified atom stereocenters. The Bertz CT molecular complexity index is 871. The second-order valence-electron chi connectivity index (χ2n) is 5.31. The molecule has 0 saturated heterocycles. The molecule has 124 valence electrons. The van der Waals surface area contributed by atoms with Crippen LogP contribution >= 0.6 is 12.2 Å². The molecule has 0 radical (unpaired) electrons. The molecule has 0 amide bonds. The first-order valence-corrected chi connectivity index (χ1v) is 8.06. The molecule has 6 heteroatoms. The van der Waals surface area contributed by atoms with Crippen molar-refractivity contribution in [3.63, 3.8) is 0 Å². The number of aryl methyl sites for hydroxylation is 2. The molecule has 3 aromatic rings. The maximum atomic E-state index is 5.37. The first kappa shape index (κ1) is 16.3. The maximum Gasteiger partial charge on any atom is 0.199 e. The smallest absolute Gasteiger partial charge is 0.199 e. The van der Waals surface area contributed by atoms with Gasteiger partial charge in [-0.3, -0.25) is 9.67 Å². The van der Waals surface area contributed by atoms with Crippen molar-refractivity contribution in [3.8, 4) is 17.2 Å². The first-order valence-electron chi connectivity index (χ1n) is 7.65. The lowest BCUT2D eigenvalue weighted by atomic mass is 10.1. The van der Waals surface area contributed by atoms with Gasteiger partial charge in [-0.1, -0.05) is 24.3 Å². The lowest BCUT2D eigenvalue weighted by Gasteiger charge is -2.10. The third-order valence-corrected chi connectivity index (χ3v) is 4.12. The van der Waals surface area contributed by atoms with Crippen molar-refractivity contribution < 1.29 is 9.47 Å². The number of hydrogen-bond acceptors (Lipinski definition) is 4. The highest BCUT2D eigenvalue weighted by atomic mass is 32.1. The molecule has 1 N–H and O–H groups in total. The van der Waals surface area contributed by atoms with Gasteiger partial charge in [0.25, 0.3) is 0 Å². The zero-order chi connectivity index (χ0) is 16.9. The first-order chi connectivity index (χ1) is 11.7. The van der Waals surface area contributed by atoms with Crippen LogP contribution in [0.25, 0.3) is 5.69 Å². The molecule has 0 aliphatic heterocycles. The van der Waals surface area contributed by atoms with E-state index in [0.29, 0.717) is 4.77 Å². The minimum Gasteiger partial charge on any atom is -0.493 e. The average molecular weight is 341 g/mol. The molecule has 5 nitrogen and oxygen atoms in total. The van der Waals surface area contributed by atoms with Gasteiger partial charge in [-0.15, -0.1) is 0 Å². The van der Waals surface area contributed by atoms with E-state index in [1.165, 1.54) is 0 Å². The zero-order valence-corrected chi connectivity index (χ0v) is 14.5. The highest BCUT2D eigenvalue weighted by molar-refractivity contribution is 7.71. The Kier molecular flexibility index (Phi) is 4.96. The van der Waals surface area contributed by atoms with Gasteiger partial charge < -0.3 is 9.47 Å². The second kappa shape index (κ2) is 7.31. The van der Waals surface area contributed by atoms with Gasteiger partial charge in [-0.2, -0.15) is 5.10 Å². The number of nitrogens with zero attached hydrogens (tertiary/aromatic N) is 2. The van der Waals surface area contributed by atoms with E-state index in [1.54, 1.807) is 14.2 Å². The number of para-hydroxylation sites is 1. The van der Waals surface area contributed by atoms with Gasteiger partial charge in [0.1, 0.15) is 5.82 Å². The number of aromatic amines is 1. The number of benzene rings is 2. The predicted octanol–water partition coefficient (Wildman–Crippen LogP) is 3.73. The number of methoxy groups -OCH3 is 2. The monoisotopic (exact) mass is 341 g/mol. The Hall–Kier alpha value is -2.60. The third-order valence-electron chi connectivity index (χ3n) is 3.84. The number of aromatic nitrogens is 3. The molecule has 3 rings (SSSR count). The fourth-order valence-corrected chi connectivity index (χ4v) is 2.89. The van der Waals surface area contributed by atoms with Gasteiger partial charge in [0.2, 0.25) is 0 Å². The fraction of sp³-hybridized carbons (Fsp3) is 0.222. The third kappa shape index (κ3) is 3.33. The number of rotatable bonds is 6. The molecule has 0 fully saturated rings. The summed E-state index contributed by atoms with van der Waals surface area (Å²) in [4.78, 5) is 0. The molecule has 0 atom stereocenters. The van der Waals surface area contributed by atoms with E-state index in [9.17, 15) is 0 Å². The molecular weight excluding hydrogens is 322 g/mol. The summed E-state index contributed by atoms with van der Waals surface area (Å²) in [7, 11) is 3.28. The van der Waals surface area contributed by atoms with Crippen LogP contribution in [0.3, 0.4) is 0 Å². The van der Waals surface area contributed by atoms with E-state index in [1.807, 2.05) is 53.1 Å². The number of ether oxygens (including phenoxy) is 2. The van der Waals surface area contributed by atoms with Gasteiger partial charge in [0.05, 0.1) is 14.2 Å². The summed E-state index contributed by atoms with van der Waals surface area (Å²) in [6.45, 7) is 0. The van der Waals surface area contributed by atoms with Gasteiger partial charge in [-0.05, 0) is 48.5 Å². The van der Waals surface area contributed by atoms with E-state index in [-0.39, 0.29) is 0 Å². The van der Waals surface area contributed by atoms with Crippen LogP contribution < -0.4 is 9.47 Å². The molecule has 24 heavy (non-hydrogen) atoms. The quantitative estimate of drug-likeness (QED) is 0.694. The van der Waals surface area contributed by atoms with Crippen LogP contribution in [0.5, 0.6) is 11.5 Å². The van der Waals surface area contributed by atoms with Crippen molar-refractivity contribution in [3.05, 3.63) is 64.7 Å². The number of nitrogens with one attached hydrogen (secondary N) is 1. The number of hydrogen-bond donors (Lipinski definition) is 1. The highest BCUT2D eigenvalue weighted by Gasteiger charge is 2.10. The summed E-state index contributed by atoms with van der Waals surface area (Å²) >= 11 is 5.37. The average Bonchev–Trinajstić information content (AvgIpc) is 3.01. The van der Waals surface area contributed by atoms with Gasteiger partial charge in [-0.25, -0.2) is 0 Å². The van der Waals surface area contributed by atoms with Gasteiger partial charge in [0, 0.05) is 12.1 Å². The molecule has 0 saturated carbocycles. The zero-order valence-electron chi connectivity index (χ0n) is 13.7. The lowest BCUT2D eigenvalue weighted by molar-refractivity contribution is 0.354. The second-order valence-corrected chi connectivity index (χ2v) is 5.69. The van der Waals surface area contributed by atoms with Crippen molar-refractivity contribution in [1.82, 2.24) is 14.8 Å². The van der Waals surface area contributed by atoms with Crippen LogP contribution in [-0.4, -0.2) is 29.0 Å². The minimum atomic E-state index is 0.600. The van der Waals surface area contributed by atoms with Crippen molar-refractivity contribution in [1.29, 1.82) is 0 Å². The summed E-state index contributed by atoms with van der Waals surface area (Å²) in [5, 5.41) is 7.26. The van der Waals surface area contributed by atoms with E-state index >= 15 is 0 Å². The summed E-state index contributed by atoms with van der Waals surface area (Å²) in [6, 6.07) is 15.9. The molecule has 0 spiro atoms. The Balaban J connectivity index is 1.82. The Morgan fingerprint density at radius 2 is 1.75 bits per heavy atom. The minimum absolute atomic E-state index is 0.600. The molecule has 0 bridgehead atoms. The SMILES string of the molecule is COc1ccc(CCc2n[nH]c(=S)n2-c2ccccc2)cc1OC. The molecular formula is C18H19N3O2S. The van der Waals surface area contributed by atoms with Crippen molar-refractivity contribution in [2.24, 2.45) is 0 Å². The topological polar surface area (TPSA) is 52.1 Å². The molecule has 1 heterocycles. The van der Waals surface area contributed by atoms with Crippen LogP contribution in [0.4, 0.5) is 0 Å². The van der Waals surface area contributed by atoms with Crippen LogP contribution in [0, 0.1) is 4.77 Å². The summed E-state index contributed by atoms with van der Waals surface area (Å²) < 4.78 is 13.2. The van der Waals surface area contributed by atoms with Crippen LogP contribution in [0.1, 0.15) is 11.4 Å². The highest BCUT2D eigenvalue weighted by Crippen LogP contribution is 2.28. The summed E-state index contributed by atoms with van der Waals surface area (Å²) in [6.07, 6.45) is 1.59. The maximum absolute atomic E-state index is 5.37. The van der Waals surface area contributed by atoms with Crippen molar-refractivity contribution in [2.75, 3.05) is 14.2 Å². The molecule has 1 aromatic heterocycles. The van der Waals surface area contributed by atoms with Crippen LogP contribution in [0.2, 0.25) is 0 Å². The lowest BCUT2D eigenvalue weighted by Crippen LogP contribution is -2.03. The van der Waals surface area contributed by atoms with Crippen molar-refractivity contribution >= 4 is 12.2 Å². The summed E-state index contributed by atoms with van der Waals surface area (Å²) in [5.41, 5.74) is 2.17. The Labute approximate surface area is 145 Å². The standard InChI is InChI=1S/C18H19N3O2S/c1-22-15-10-8-13(12-16(15)23-2)9-11-17-19-20-18(24)21(17)14-6-4-3-5-7-14/h3-8,10,12H,9,11H2,1-2H3,(H,20,24). The molecule has 2 aromatic carbocycles.